The van der Waals surface area contributed by atoms with E-state index in [1.807, 2.05) is 0 Å². The Kier molecular flexibility index (Phi) is 5.43. The summed E-state index contributed by atoms with van der Waals surface area (Å²) in [5.41, 5.74) is 0. The van der Waals surface area contributed by atoms with Crippen LogP contribution in [0.2, 0.25) is 0 Å². The van der Waals surface area contributed by atoms with Crippen LogP contribution in [0.5, 0.6) is 0 Å². The lowest BCUT2D eigenvalue weighted by Crippen LogP contribution is -2.41. The molecule has 2 atom stereocenters. The van der Waals surface area contributed by atoms with Crippen molar-refractivity contribution in [3.8, 4) is 6.07 Å². The number of rotatable bonds is 6. The third-order valence-electron chi connectivity index (χ3n) is 4.14. The SMILES string of the molecule is CCCNC(C#N)CN1CCC(N2CCCC2)C1. The number of nitrogens with one attached hydrogen (secondary N) is 1. The minimum atomic E-state index is 0.00211. The number of likely N-dealkylation sites (tertiary alicyclic amines) is 2. The fourth-order valence-corrected chi connectivity index (χ4v) is 3.11. The van der Waals surface area contributed by atoms with Gasteiger partial charge in [-0.05, 0) is 51.9 Å². The molecular formula is C14H26N4. The average Bonchev–Trinajstić information content (AvgIpc) is 3.04. The third-order valence-corrected chi connectivity index (χ3v) is 4.14. The van der Waals surface area contributed by atoms with Crippen LogP contribution in [0, 0.1) is 11.3 Å². The quantitative estimate of drug-likeness (QED) is 0.765. The largest absolute Gasteiger partial charge is 0.301 e. The van der Waals surface area contributed by atoms with Crippen LogP contribution in [-0.2, 0) is 0 Å². The van der Waals surface area contributed by atoms with Crippen molar-refractivity contribution in [2.75, 3.05) is 39.3 Å². The molecule has 2 heterocycles. The van der Waals surface area contributed by atoms with Gasteiger partial charge in [-0.15, -0.1) is 0 Å². The van der Waals surface area contributed by atoms with Crippen molar-refractivity contribution in [3.63, 3.8) is 0 Å². The van der Waals surface area contributed by atoms with Crippen molar-refractivity contribution >= 4 is 0 Å². The van der Waals surface area contributed by atoms with E-state index >= 15 is 0 Å². The van der Waals surface area contributed by atoms with Crippen LogP contribution in [0.25, 0.3) is 0 Å². The second kappa shape index (κ2) is 7.08. The van der Waals surface area contributed by atoms with Crippen molar-refractivity contribution in [3.05, 3.63) is 0 Å². The number of nitriles is 1. The van der Waals surface area contributed by atoms with E-state index in [9.17, 15) is 0 Å². The van der Waals surface area contributed by atoms with E-state index in [-0.39, 0.29) is 6.04 Å². The first-order valence-electron chi connectivity index (χ1n) is 7.43. The summed E-state index contributed by atoms with van der Waals surface area (Å²) in [6.07, 6.45) is 5.12. The normalized spacial score (nSPS) is 27.4. The molecule has 1 N–H and O–H groups in total. The Morgan fingerprint density at radius 2 is 2.11 bits per heavy atom. The van der Waals surface area contributed by atoms with Gasteiger partial charge in [-0.25, -0.2) is 0 Å². The summed E-state index contributed by atoms with van der Waals surface area (Å²) in [7, 11) is 0. The zero-order valence-electron chi connectivity index (χ0n) is 11.6. The van der Waals surface area contributed by atoms with Crippen LogP contribution in [-0.4, -0.2) is 61.2 Å². The van der Waals surface area contributed by atoms with E-state index in [0.29, 0.717) is 0 Å². The first kappa shape index (κ1) is 13.8. The van der Waals surface area contributed by atoms with Gasteiger partial charge < -0.3 is 5.32 Å². The van der Waals surface area contributed by atoms with Crippen molar-refractivity contribution in [1.29, 1.82) is 5.26 Å². The van der Waals surface area contributed by atoms with Gasteiger partial charge in [0.05, 0.1) is 6.07 Å². The Morgan fingerprint density at radius 1 is 1.33 bits per heavy atom. The van der Waals surface area contributed by atoms with E-state index in [1.54, 1.807) is 0 Å². The molecule has 0 amide bonds. The molecule has 2 aliphatic heterocycles. The zero-order valence-corrected chi connectivity index (χ0v) is 11.6. The van der Waals surface area contributed by atoms with Crippen LogP contribution in [0.1, 0.15) is 32.6 Å². The molecule has 2 saturated heterocycles. The number of hydrogen-bond donors (Lipinski definition) is 1. The lowest BCUT2D eigenvalue weighted by atomic mass is 10.2. The predicted octanol–water partition coefficient (Wildman–Crippen LogP) is 1.05. The predicted molar refractivity (Wildman–Crippen MR) is 73.3 cm³/mol. The van der Waals surface area contributed by atoms with E-state index in [1.165, 1.54) is 32.4 Å². The second-order valence-corrected chi connectivity index (χ2v) is 5.58. The molecule has 0 spiro atoms. The highest BCUT2D eigenvalue weighted by molar-refractivity contribution is 4.95. The second-order valence-electron chi connectivity index (χ2n) is 5.58. The monoisotopic (exact) mass is 250 g/mol. The molecule has 4 nitrogen and oxygen atoms in total. The first-order valence-corrected chi connectivity index (χ1v) is 7.43. The maximum atomic E-state index is 9.14. The van der Waals surface area contributed by atoms with Gasteiger partial charge in [0, 0.05) is 19.1 Å². The minimum Gasteiger partial charge on any atom is -0.301 e. The van der Waals surface area contributed by atoms with E-state index in [4.69, 9.17) is 5.26 Å². The van der Waals surface area contributed by atoms with Crippen molar-refractivity contribution in [2.45, 2.75) is 44.7 Å². The number of hydrogen-bond acceptors (Lipinski definition) is 4. The molecule has 2 rings (SSSR count). The summed E-state index contributed by atoms with van der Waals surface area (Å²) in [6, 6.07) is 3.13. The lowest BCUT2D eigenvalue weighted by Gasteiger charge is -2.24. The Balaban J connectivity index is 1.72. The van der Waals surface area contributed by atoms with Gasteiger partial charge >= 0.3 is 0 Å². The maximum absolute atomic E-state index is 9.14. The molecule has 2 unspecified atom stereocenters. The highest BCUT2D eigenvalue weighted by atomic mass is 15.3. The van der Waals surface area contributed by atoms with Gasteiger partial charge in [0.25, 0.3) is 0 Å². The van der Waals surface area contributed by atoms with Crippen LogP contribution in [0.4, 0.5) is 0 Å². The minimum absolute atomic E-state index is 0.00211. The molecule has 0 aromatic carbocycles. The smallest absolute Gasteiger partial charge is 0.108 e. The van der Waals surface area contributed by atoms with Crippen molar-refractivity contribution < 1.29 is 0 Å². The Bertz CT molecular complexity index is 280. The summed E-state index contributed by atoms with van der Waals surface area (Å²) >= 11 is 0. The molecule has 0 bridgehead atoms. The molecule has 2 fully saturated rings. The summed E-state index contributed by atoms with van der Waals surface area (Å²) in [4.78, 5) is 5.10. The van der Waals surface area contributed by atoms with Crippen molar-refractivity contribution in [2.24, 2.45) is 0 Å². The molecule has 0 aromatic rings. The van der Waals surface area contributed by atoms with Gasteiger partial charge in [-0.3, -0.25) is 9.80 Å². The van der Waals surface area contributed by atoms with Gasteiger partial charge in [-0.2, -0.15) is 5.26 Å². The average molecular weight is 250 g/mol. The van der Waals surface area contributed by atoms with Crippen LogP contribution >= 0.6 is 0 Å². The number of nitrogens with zero attached hydrogens (tertiary/aromatic N) is 3. The molecule has 0 aromatic heterocycles. The Morgan fingerprint density at radius 3 is 2.78 bits per heavy atom. The van der Waals surface area contributed by atoms with Gasteiger partial charge in [0.15, 0.2) is 0 Å². The van der Waals surface area contributed by atoms with Gasteiger partial charge in [0.2, 0.25) is 0 Å². The molecule has 4 heteroatoms. The third kappa shape index (κ3) is 3.68. The molecule has 18 heavy (non-hydrogen) atoms. The first-order chi connectivity index (χ1) is 8.83. The summed E-state index contributed by atoms with van der Waals surface area (Å²) < 4.78 is 0. The van der Waals surface area contributed by atoms with Crippen molar-refractivity contribution in [1.82, 2.24) is 15.1 Å². The zero-order chi connectivity index (χ0) is 12.8. The van der Waals surface area contributed by atoms with E-state index in [2.05, 4.69) is 28.1 Å². The summed E-state index contributed by atoms with van der Waals surface area (Å²) in [5, 5.41) is 12.5. The molecule has 2 aliphatic rings. The maximum Gasteiger partial charge on any atom is 0.108 e. The van der Waals surface area contributed by atoms with Crippen LogP contribution < -0.4 is 5.32 Å². The molecule has 102 valence electrons. The molecule has 0 saturated carbocycles. The fourth-order valence-electron chi connectivity index (χ4n) is 3.11. The highest BCUT2D eigenvalue weighted by Gasteiger charge is 2.29. The fraction of sp³-hybridized carbons (Fsp3) is 0.929. The van der Waals surface area contributed by atoms with E-state index in [0.717, 1.165) is 38.6 Å². The van der Waals surface area contributed by atoms with E-state index < -0.39 is 0 Å². The molecule has 0 aliphatic carbocycles. The summed E-state index contributed by atoms with van der Waals surface area (Å²) in [5.74, 6) is 0. The Labute approximate surface area is 111 Å². The van der Waals surface area contributed by atoms with Crippen LogP contribution in [0.3, 0.4) is 0 Å². The van der Waals surface area contributed by atoms with Crippen LogP contribution in [0.15, 0.2) is 0 Å². The van der Waals surface area contributed by atoms with Gasteiger partial charge in [0.1, 0.15) is 6.04 Å². The summed E-state index contributed by atoms with van der Waals surface area (Å²) in [6.45, 7) is 8.87. The Hall–Kier alpha value is -0.630. The van der Waals surface area contributed by atoms with Gasteiger partial charge in [-0.1, -0.05) is 6.92 Å². The standard InChI is InChI=1S/C14H26N4/c1-2-6-16-13(10-15)11-17-9-5-14(12-17)18-7-3-4-8-18/h13-14,16H,2-9,11-12H2,1H3. The topological polar surface area (TPSA) is 42.3 Å². The lowest BCUT2D eigenvalue weighted by molar-refractivity contribution is 0.228. The molecular weight excluding hydrogens is 224 g/mol. The molecule has 0 radical (unpaired) electrons. The highest BCUT2D eigenvalue weighted by Crippen LogP contribution is 2.20.